The van der Waals surface area contributed by atoms with Crippen molar-refractivity contribution in [3.8, 4) is 0 Å². The zero-order valence-corrected chi connectivity index (χ0v) is 13.8. The minimum absolute atomic E-state index is 0.0290. The second-order valence-corrected chi connectivity index (χ2v) is 5.47. The zero-order valence-electron chi connectivity index (χ0n) is 13.8. The number of carbonyl (C=O) groups excluding carboxylic acids is 2. The van der Waals surface area contributed by atoms with Crippen molar-refractivity contribution in [3.05, 3.63) is 58.5 Å². The van der Waals surface area contributed by atoms with Gasteiger partial charge in [0.25, 0.3) is 5.56 Å². The van der Waals surface area contributed by atoms with E-state index in [2.05, 4.69) is 10.6 Å². The van der Waals surface area contributed by atoms with Crippen LogP contribution in [-0.2, 0) is 22.3 Å². The van der Waals surface area contributed by atoms with Crippen LogP contribution in [-0.4, -0.2) is 16.4 Å². The topological polar surface area (TPSA) is 80.2 Å². The molecule has 2 aromatic rings. The Morgan fingerprint density at radius 1 is 1.12 bits per heavy atom. The highest BCUT2D eigenvalue weighted by atomic mass is 19.4. The number of aryl methyl sites for hydroxylation is 1. The molecule has 6 nitrogen and oxygen atoms in total. The molecule has 0 atom stereocenters. The van der Waals surface area contributed by atoms with E-state index in [4.69, 9.17) is 0 Å². The first-order valence-corrected chi connectivity index (χ1v) is 7.61. The molecule has 26 heavy (non-hydrogen) atoms. The molecule has 1 heterocycles. The molecule has 1 aromatic heterocycles. The normalized spacial score (nSPS) is 11.1. The predicted molar refractivity (Wildman–Crippen MR) is 89.7 cm³/mol. The summed E-state index contributed by atoms with van der Waals surface area (Å²) in [5.74, 6) is -1.18. The van der Waals surface area contributed by atoms with Gasteiger partial charge in [-0.1, -0.05) is 6.07 Å². The predicted octanol–water partition coefficient (Wildman–Crippen LogP) is 2.85. The fraction of sp³-hybridized carbons (Fsp3) is 0.235. The van der Waals surface area contributed by atoms with Crippen LogP contribution < -0.4 is 16.2 Å². The summed E-state index contributed by atoms with van der Waals surface area (Å²) in [6, 6.07) is 7.56. The third-order valence-corrected chi connectivity index (χ3v) is 3.40. The van der Waals surface area contributed by atoms with Gasteiger partial charge in [0.15, 0.2) is 0 Å². The van der Waals surface area contributed by atoms with Crippen LogP contribution in [0.5, 0.6) is 0 Å². The molecule has 0 aliphatic heterocycles. The number of halogens is 3. The number of nitrogens with one attached hydrogen (secondary N) is 2. The largest absolute Gasteiger partial charge is 0.418 e. The Labute approximate surface area is 146 Å². The van der Waals surface area contributed by atoms with E-state index in [0.717, 1.165) is 12.1 Å². The molecule has 2 amide bonds. The van der Waals surface area contributed by atoms with Gasteiger partial charge in [0.1, 0.15) is 0 Å². The van der Waals surface area contributed by atoms with Gasteiger partial charge >= 0.3 is 6.18 Å². The van der Waals surface area contributed by atoms with Crippen molar-refractivity contribution in [1.82, 2.24) is 4.57 Å². The Kier molecular flexibility index (Phi) is 5.81. The van der Waals surface area contributed by atoms with E-state index in [9.17, 15) is 27.6 Å². The second-order valence-electron chi connectivity index (χ2n) is 5.47. The minimum atomic E-state index is -4.71. The number of hydrogen-bond acceptors (Lipinski definition) is 3. The Hall–Kier alpha value is -3.10. The van der Waals surface area contributed by atoms with E-state index >= 15 is 0 Å². The smallest absolute Gasteiger partial charge is 0.326 e. The summed E-state index contributed by atoms with van der Waals surface area (Å²) in [4.78, 5) is 34.5. The molecule has 0 radical (unpaired) electrons. The van der Waals surface area contributed by atoms with Crippen molar-refractivity contribution < 1.29 is 22.8 Å². The first-order valence-electron chi connectivity index (χ1n) is 7.61. The van der Waals surface area contributed by atoms with Gasteiger partial charge in [0.2, 0.25) is 11.8 Å². The molecule has 1 aromatic carbocycles. The molecule has 0 spiro atoms. The Bertz CT molecular complexity index is 875. The number of aromatic nitrogens is 1. The van der Waals surface area contributed by atoms with E-state index in [1.54, 1.807) is 12.1 Å². The number of rotatable bonds is 5. The first-order chi connectivity index (χ1) is 12.2. The summed E-state index contributed by atoms with van der Waals surface area (Å²) in [6.45, 7) is 1.21. The average Bonchev–Trinajstić information content (AvgIpc) is 2.54. The quantitative estimate of drug-likeness (QED) is 0.853. The van der Waals surface area contributed by atoms with Gasteiger partial charge in [-0.05, 0) is 24.3 Å². The monoisotopic (exact) mass is 367 g/mol. The minimum Gasteiger partial charge on any atom is -0.326 e. The van der Waals surface area contributed by atoms with Crippen LogP contribution >= 0.6 is 0 Å². The maximum atomic E-state index is 13.2. The number of alkyl halides is 3. The number of hydrogen-bond donors (Lipinski definition) is 2. The van der Waals surface area contributed by atoms with E-state index in [-0.39, 0.29) is 24.2 Å². The molecule has 0 fully saturated rings. The van der Waals surface area contributed by atoms with Crippen LogP contribution in [0.1, 0.15) is 18.9 Å². The summed E-state index contributed by atoms with van der Waals surface area (Å²) in [7, 11) is 0. The van der Waals surface area contributed by atoms with Crippen molar-refractivity contribution in [2.45, 2.75) is 26.1 Å². The van der Waals surface area contributed by atoms with Gasteiger partial charge < -0.3 is 15.2 Å². The number of anilines is 2. The van der Waals surface area contributed by atoms with Crippen LogP contribution in [0.25, 0.3) is 0 Å². The number of amides is 2. The van der Waals surface area contributed by atoms with Crippen LogP contribution in [0.15, 0.2) is 47.4 Å². The van der Waals surface area contributed by atoms with Gasteiger partial charge in [-0.2, -0.15) is 13.2 Å². The average molecular weight is 367 g/mol. The van der Waals surface area contributed by atoms with Crippen LogP contribution in [0, 0.1) is 0 Å². The summed E-state index contributed by atoms with van der Waals surface area (Å²) in [5, 5.41) is 4.46. The van der Waals surface area contributed by atoms with Crippen molar-refractivity contribution >= 4 is 23.2 Å². The fourth-order valence-corrected chi connectivity index (χ4v) is 2.25. The molecule has 0 bridgehead atoms. The lowest BCUT2D eigenvalue weighted by Crippen LogP contribution is -2.22. The van der Waals surface area contributed by atoms with E-state index in [1.807, 2.05) is 0 Å². The summed E-state index contributed by atoms with van der Waals surface area (Å²) >= 11 is 0. The Morgan fingerprint density at radius 2 is 1.85 bits per heavy atom. The highest BCUT2D eigenvalue weighted by Gasteiger charge is 2.34. The molecular weight excluding hydrogens is 351 g/mol. The zero-order chi connectivity index (χ0) is 19.3. The van der Waals surface area contributed by atoms with Crippen LogP contribution in [0.3, 0.4) is 0 Å². The molecule has 2 rings (SSSR count). The van der Waals surface area contributed by atoms with Gasteiger partial charge in [0.05, 0.1) is 11.3 Å². The van der Waals surface area contributed by atoms with Crippen molar-refractivity contribution in [1.29, 1.82) is 0 Å². The molecule has 2 N–H and O–H groups in total. The summed E-state index contributed by atoms with van der Waals surface area (Å²) in [6.07, 6.45) is -3.40. The SMILES string of the molecule is CC(=O)Nc1ccc(NC(=O)CCn2ccccc2=O)c(C(F)(F)F)c1. The van der Waals surface area contributed by atoms with Crippen LogP contribution in [0.2, 0.25) is 0 Å². The molecule has 0 saturated carbocycles. The van der Waals surface area contributed by atoms with Gasteiger partial charge in [-0.15, -0.1) is 0 Å². The molecule has 0 saturated heterocycles. The summed E-state index contributed by atoms with van der Waals surface area (Å²) in [5.41, 5.74) is -1.83. The number of pyridine rings is 1. The number of nitrogens with zero attached hydrogens (tertiary/aromatic N) is 1. The fourth-order valence-electron chi connectivity index (χ4n) is 2.25. The number of benzene rings is 1. The van der Waals surface area contributed by atoms with Gasteiger partial charge in [0, 0.05) is 37.8 Å². The van der Waals surface area contributed by atoms with Crippen LogP contribution in [0.4, 0.5) is 24.5 Å². The second kappa shape index (κ2) is 7.85. The van der Waals surface area contributed by atoms with Gasteiger partial charge in [-0.3, -0.25) is 14.4 Å². The Morgan fingerprint density at radius 3 is 2.46 bits per heavy atom. The highest BCUT2D eigenvalue weighted by Crippen LogP contribution is 2.36. The highest BCUT2D eigenvalue weighted by molar-refractivity contribution is 5.93. The maximum Gasteiger partial charge on any atom is 0.418 e. The van der Waals surface area contributed by atoms with E-state index in [1.165, 1.54) is 29.8 Å². The lowest BCUT2D eigenvalue weighted by Gasteiger charge is -2.15. The lowest BCUT2D eigenvalue weighted by molar-refractivity contribution is -0.137. The molecule has 0 aliphatic rings. The Balaban J connectivity index is 2.14. The van der Waals surface area contributed by atoms with Crippen molar-refractivity contribution in [2.24, 2.45) is 0 Å². The van der Waals surface area contributed by atoms with E-state index < -0.39 is 29.2 Å². The number of carbonyl (C=O) groups is 2. The van der Waals surface area contributed by atoms with E-state index in [0.29, 0.717) is 0 Å². The standard InChI is InChI=1S/C17H16F3N3O3/c1-11(24)21-12-5-6-14(13(10-12)17(18,19)20)22-15(25)7-9-23-8-3-2-4-16(23)26/h2-6,8,10H,7,9H2,1H3,(H,21,24)(H,22,25). The van der Waals surface area contributed by atoms with Crippen molar-refractivity contribution in [2.75, 3.05) is 10.6 Å². The molecule has 138 valence electrons. The molecule has 0 aliphatic carbocycles. The third kappa shape index (κ3) is 5.20. The summed E-state index contributed by atoms with van der Waals surface area (Å²) < 4.78 is 40.9. The third-order valence-electron chi connectivity index (χ3n) is 3.40. The molecular formula is C17H16F3N3O3. The van der Waals surface area contributed by atoms with Gasteiger partial charge in [-0.25, -0.2) is 0 Å². The van der Waals surface area contributed by atoms with Crippen molar-refractivity contribution in [3.63, 3.8) is 0 Å². The maximum absolute atomic E-state index is 13.2. The molecule has 0 unspecified atom stereocenters. The molecule has 9 heteroatoms. The lowest BCUT2D eigenvalue weighted by atomic mass is 10.1. The first kappa shape index (κ1) is 19.2.